The minimum atomic E-state index is -2.01. The lowest BCUT2D eigenvalue weighted by Gasteiger charge is -2.40. The Morgan fingerprint density at radius 3 is 2.06 bits per heavy atom. The van der Waals surface area contributed by atoms with Crippen LogP contribution in [0.1, 0.15) is 34.6 Å². The molecule has 5 heteroatoms. The molecule has 0 saturated carbocycles. The van der Waals surface area contributed by atoms with Crippen LogP contribution in [-0.4, -0.2) is 42.6 Å². The van der Waals surface area contributed by atoms with Crippen LogP contribution in [0.5, 0.6) is 0 Å². The topological polar surface area (TPSA) is 58.9 Å². The Morgan fingerprint density at radius 1 is 1.29 bits per heavy atom. The number of aliphatic hydroxyl groups is 2. The van der Waals surface area contributed by atoms with Gasteiger partial charge in [0.25, 0.3) is 0 Å². The van der Waals surface area contributed by atoms with Gasteiger partial charge in [-0.25, -0.2) is 0 Å². The van der Waals surface area contributed by atoms with Crippen molar-refractivity contribution in [2.24, 2.45) is 0 Å². The maximum Gasteiger partial charge on any atom is 0.195 e. The molecular weight excluding hydrogens is 236 g/mol. The second-order valence-electron chi connectivity index (χ2n) is 6.72. The highest BCUT2D eigenvalue weighted by molar-refractivity contribution is 6.74. The van der Waals surface area contributed by atoms with Crippen molar-refractivity contribution in [3.05, 3.63) is 0 Å². The Morgan fingerprint density at radius 2 is 1.76 bits per heavy atom. The van der Waals surface area contributed by atoms with Crippen LogP contribution in [0, 0.1) is 0 Å². The van der Waals surface area contributed by atoms with Crippen molar-refractivity contribution in [3.8, 4) is 0 Å². The first-order valence-corrected chi connectivity index (χ1v) is 9.04. The van der Waals surface area contributed by atoms with E-state index in [1.807, 2.05) is 0 Å². The molecule has 1 saturated heterocycles. The minimum Gasteiger partial charge on any atom is -0.390 e. The molecule has 0 aromatic heterocycles. The average Bonchev–Trinajstić information content (AvgIpc) is 2.28. The third kappa shape index (κ3) is 2.74. The smallest absolute Gasteiger partial charge is 0.195 e. The largest absolute Gasteiger partial charge is 0.390 e. The molecule has 0 aliphatic carbocycles. The van der Waals surface area contributed by atoms with Gasteiger partial charge in [-0.2, -0.15) is 0 Å². The molecule has 0 bridgehead atoms. The summed E-state index contributed by atoms with van der Waals surface area (Å²) in [4.78, 5) is 0. The minimum absolute atomic E-state index is 0.0449. The van der Waals surface area contributed by atoms with Crippen LogP contribution in [-0.2, 0) is 9.16 Å². The normalized spacial score (nSPS) is 39.7. The summed E-state index contributed by atoms with van der Waals surface area (Å²) in [6.45, 7) is 13.9. The standard InChI is InChI=1S/C12H26O4Si/c1-8-9(13)12(5,14)10(15-8)16-17(6,7)11(2,3)4/h8-10,13-14H,1-7H3/t8-,9?,10-,12?/m0/s1. The lowest BCUT2D eigenvalue weighted by molar-refractivity contribution is -0.157. The van der Waals surface area contributed by atoms with Crippen molar-refractivity contribution in [1.82, 2.24) is 0 Å². The van der Waals surface area contributed by atoms with Gasteiger partial charge in [-0.3, -0.25) is 0 Å². The molecule has 0 radical (unpaired) electrons. The molecule has 1 fully saturated rings. The molecule has 0 spiro atoms. The fraction of sp³-hybridized carbons (Fsp3) is 1.00. The molecule has 1 aliphatic heterocycles. The maximum atomic E-state index is 10.2. The van der Waals surface area contributed by atoms with Crippen molar-refractivity contribution in [2.45, 2.75) is 76.8 Å². The fourth-order valence-electron chi connectivity index (χ4n) is 1.61. The quantitative estimate of drug-likeness (QED) is 0.746. The van der Waals surface area contributed by atoms with E-state index in [4.69, 9.17) is 9.16 Å². The number of hydrogen-bond acceptors (Lipinski definition) is 4. The molecule has 4 nitrogen and oxygen atoms in total. The van der Waals surface area contributed by atoms with Gasteiger partial charge in [0.2, 0.25) is 0 Å². The first kappa shape index (κ1) is 15.1. The summed E-state index contributed by atoms with van der Waals surface area (Å²) in [6, 6.07) is 0. The maximum absolute atomic E-state index is 10.2. The van der Waals surface area contributed by atoms with E-state index in [1.54, 1.807) is 13.8 Å². The van der Waals surface area contributed by atoms with Gasteiger partial charge in [0.15, 0.2) is 14.6 Å². The molecule has 0 aromatic carbocycles. The lowest BCUT2D eigenvalue weighted by atomic mass is 9.99. The average molecular weight is 262 g/mol. The van der Waals surface area contributed by atoms with E-state index in [1.165, 1.54) is 0 Å². The third-order valence-corrected chi connectivity index (χ3v) is 8.48. The highest BCUT2D eigenvalue weighted by atomic mass is 28.4. The Balaban J connectivity index is 2.84. The number of aliphatic hydroxyl groups excluding tert-OH is 1. The molecule has 2 N–H and O–H groups in total. The molecular formula is C12H26O4Si. The van der Waals surface area contributed by atoms with Crippen molar-refractivity contribution < 1.29 is 19.4 Å². The summed E-state index contributed by atoms with van der Waals surface area (Å²) in [5.41, 5.74) is -1.34. The van der Waals surface area contributed by atoms with E-state index in [0.717, 1.165) is 0 Å². The van der Waals surface area contributed by atoms with Crippen molar-refractivity contribution in [2.75, 3.05) is 0 Å². The third-order valence-electron chi connectivity index (χ3n) is 4.07. The molecule has 4 atom stereocenters. The first-order valence-electron chi connectivity index (χ1n) is 6.13. The Bertz CT molecular complexity index is 283. The van der Waals surface area contributed by atoms with Crippen LogP contribution in [0.4, 0.5) is 0 Å². The van der Waals surface area contributed by atoms with Crippen LogP contribution in [0.3, 0.4) is 0 Å². The van der Waals surface area contributed by atoms with E-state index >= 15 is 0 Å². The highest BCUT2D eigenvalue weighted by Gasteiger charge is 2.54. The predicted molar refractivity (Wildman–Crippen MR) is 69.2 cm³/mol. The van der Waals surface area contributed by atoms with Gasteiger partial charge in [0.05, 0.1) is 6.10 Å². The van der Waals surface area contributed by atoms with Crippen molar-refractivity contribution >= 4 is 8.32 Å². The van der Waals surface area contributed by atoms with Crippen LogP contribution in [0.2, 0.25) is 18.1 Å². The molecule has 1 heterocycles. The number of ether oxygens (including phenoxy) is 1. The van der Waals surface area contributed by atoms with Crippen LogP contribution in [0.25, 0.3) is 0 Å². The molecule has 0 amide bonds. The monoisotopic (exact) mass is 262 g/mol. The summed E-state index contributed by atoms with van der Waals surface area (Å²) in [7, 11) is -2.01. The summed E-state index contributed by atoms with van der Waals surface area (Å²) < 4.78 is 11.6. The van der Waals surface area contributed by atoms with Crippen LogP contribution in [0.15, 0.2) is 0 Å². The van der Waals surface area contributed by atoms with Crippen molar-refractivity contribution in [1.29, 1.82) is 0 Å². The molecule has 2 unspecified atom stereocenters. The first-order chi connectivity index (χ1) is 7.39. The predicted octanol–water partition coefficient (Wildman–Crippen LogP) is 1.86. The summed E-state index contributed by atoms with van der Waals surface area (Å²) in [5.74, 6) is 0. The molecule has 17 heavy (non-hydrogen) atoms. The summed E-state index contributed by atoms with van der Waals surface area (Å²) in [5, 5.41) is 20.1. The lowest BCUT2D eigenvalue weighted by Crippen LogP contribution is -2.52. The SMILES string of the molecule is C[C@@H]1O[C@@H](O[Si](C)(C)C(C)(C)C)C(C)(O)C1O. The Kier molecular flexibility index (Phi) is 3.83. The second kappa shape index (κ2) is 4.31. The van der Waals surface area contributed by atoms with Gasteiger partial charge in [0.1, 0.15) is 11.7 Å². The summed E-state index contributed by atoms with van der Waals surface area (Å²) in [6.07, 6.45) is -2.05. The van der Waals surface area contributed by atoms with E-state index in [0.29, 0.717) is 0 Å². The zero-order valence-corrected chi connectivity index (χ0v) is 12.9. The van der Waals surface area contributed by atoms with E-state index in [9.17, 15) is 10.2 Å². The molecule has 1 rings (SSSR count). The zero-order valence-electron chi connectivity index (χ0n) is 11.9. The van der Waals surface area contributed by atoms with Gasteiger partial charge in [0, 0.05) is 0 Å². The fourth-order valence-corrected chi connectivity index (χ4v) is 2.80. The van der Waals surface area contributed by atoms with Gasteiger partial charge < -0.3 is 19.4 Å². The van der Waals surface area contributed by atoms with E-state index in [2.05, 4.69) is 33.9 Å². The molecule has 0 aromatic rings. The van der Waals surface area contributed by atoms with Gasteiger partial charge in [-0.1, -0.05) is 20.8 Å². The second-order valence-corrected chi connectivity index (χ2v) is 11.5. The summed E-state index contributed by atoms with van der Waals surface area (Å²) >= 11 is 0. The van der Waals surface area contributed by atoms with Crippen LogP contribution < -0.4 is 0 Å². The molecule has 1 aliphatic rings. The number of rotatable bonds is 2. The van der Waals surface area contributed by atoms with Gasteiger partial charge in [-0.05, 0) is 32.0 Å². The number of hydrogen-bond donors (Lipinski definition) is 2. The van der Waals surface area contributed by atoms with Crippen LogP contribution >= 0.6 is 0 Å². The molecule has 102 valence electrons. The van der Waals surface area contributed by atoms with E-state index in [-0.39, 0.29) is 5.04 Å². The zero-order chi connectivity index (χ0) is 13.6. The van der Waals surface area contributed by atoms with Crippen molar-refractivity contribution in [3.63, 3.8) is 0 Å². The van der Waals surface area contributed by atoms with E-state index < -0.39 is 32.4 Å². The Hall–Kier alpha value is 0.0569. The Labute approximate surface area is 105 Å². The van der Waals surface area contributed by atoms with Gasteiger partial charge >= 0.3 is 0 Å². The highest BCUT2D eigenvalue weighted by Crippen LogP contribution is 2.41. The van der Waals surface area contributed by atoms with Gasteiger partial charge in [-0.15, -0.1) is 0 Å².